The van der Waals surface area contributed by atoms with Crippen molar-refractivity contribution >= 4 is 29.2 Å². The van der Waals surface area contributed by atoms with E-state index >= 15 is 0 Å². The first-order chi connectivity index (χ1) is 9.25. The minimum atomic E-state index is 0.465. The second-order valence-corrected chi connectivity index (χ2v) is 5.72. The van der Waals surface area contributed by atoms with Gasteiger partial charge in [0, 0.05) is 6.54 Å². The van der Waals surface area contributed by atoms with Crippen molar-refractivity contribution in [2.45, 2.75) is 45.1 Å². The zero-order valence-corrected chi connectivity index (χ0v) is 11.7. The zero-order chi connectivity index (χ0) is 13.2. The monoisotopic (exact) mass is 277 g/mol. The smallest absolute Gasteiger partial charge is 0.179 e. The van der Waals surface area contributed by atoms with E-state index < -0.39 is 0 Å². The number of nitrogens with two attached hydrogens (primary N) is 1. The van der Waals surface area contributed by atoms with Crippen LogP contribution in [0, 0.1) is 10.7 Å². The molecule has 0 aromatic carbocycles. The average molecular weight is 277 g/mol. The number of imidazole rings is 1. The van der Waals surface area contributed by atoms with Gasteiger partial charge in [0.05, 0.1) is 0 Å². The molecule has 1 fully saturated rings. The molecule has 19 heavy (non-hydrogen) atoms. The molecule has 1 aliphatic carbocycles. The van der Waals surface area contributed by atoms with Crippen LogP contribution >= 0.6 is 12.2 Å². The second kappa shape index (κ2) is 5.28. The maximum absolute atomic E-state index is 5.84. The highest BCUT2D eigenvalue weighted by Gasteiger charge is 2.15. The number of anilines is 1. The molecule has 0 bridgehead atoms. The standard InChI is InChI=1S/C13H19N5S/c14-11-10-12(16-8-15-11)18(13(19)17-10)7-6-9-4-2-1-3-5-9/h8-9H,1-7H2,(H,17,19)(H2,14,15,16). The SMILES string of the molecule is Nc1ncnc2c1[nH]c(=S)n2CCC1CCCCC1. The van der Waals surface area contributed by atoms with Crippen LogP contribution in [0.4, 0.5) is 5.82 Å². The number of rotatable bonds is 3. The van der Waals surface area contributed by atoms with Crippen LogP contribution in [0.2, 0.25) is 0 Å². The van der Waals surface area contributed by atoms with Crippen LogP contribution in [-0.2, 0) is 6.54 Å². The molecule has 2 aromatic heterocycles. The maximum atomic E-state index is 5.84. The van der Waals surface area contributed by atoms with Gasteiger partial charge >= 0.3 is 0 Å². The third-order valence-electron chi connectivity index (χ3n) is 4.08. The lowest BCUT2D eigenvalue weighted by molar-refractivity contribution is 0.324. The number of nitrogen functional groups attached to an aromatic ring is 1. The minimum Gasteiger partial charge on any atom is -0.382 e. The zero-order valence-electron chi connectivity index (χ0n) is 10.9. The third-order valence-corrected chi connectivity index (χ3v) is 4.40. The molecule has 6 heteroatoms. The van der Waals surface area contributed by atoms with Gasteiger partial charge in [0.2, 0.25) is 0 Å². The van der Waals surface area contributed by atoms with Crippen LogP contribution < -0.4 is 5.73 Å². The fraction of sp³-hybridized carbons (Fsp3) is 0.615. The Kier molecular flexibility index (Phi) is 3.50. The average Bonchev–Trinajstić information content (AvgIpc) is 2.75. The van der Waals surface area contributed by atoms with Gasteiger partial charge in [-0.25, -0.2) is 9.97 Å². The largest absolute Gasteiger partial charge is 0.382 e. The van der Waals surface area contributed by atoms with Crippen molar-refractivity contribution in [3.63, 3.8) is 0 Å². The van der Waals surface area contributed by atoms with E-state index in [1.54, 1.807) is 0 Å². The van der Waals surface area contributed by atoms with Crippen molar-refractivity contribution < 1.29 is 0 Å². The summed E-state index contributed by atoms with van der Waals surface area (Å²) in [5.41, 5.74) is 7.42. The van der Waals surface area contributed by atoms with Gasteiger partial charge in [-0.3, -0.25) is 0 Å². The van der Waals surface area contributed by atoms with Crippen LogP contribution in [0.5, 0.6) is 0 Å². The molecule has 0 saturated heterocycles. The highest BCUT2D eigenvalue weighted by molar-refractivity contribution is 7.71. The molecule has 1 aliphatic rings. The molecule has 2 heterocycles. The van der Waals surface area contributed by atoms with Gasteiger partial charge in [-0.2, -0.15) is 0 Å². The molecule has 102 valence electrons. The predicted octanol–water partition coefficient (Wildman–Crippen LogP) is 3.04. The number of aromatic nitrogens is 4. The van der Waals surface area contributed by atoms with E-state index in [1.807, 2.05) is 0 Å². The Morgan fingerprint density at radius 3 is 2.89 bits per heavy atom. The molecule has 3 N–H and O–H groups in total. The van der Waals surface area contributed by atoms with Gasteiger partial charge in [0.25, 0.3) is 0 Å². The summed E-state index contributed by atoms with van der Waals surface area (Å²) in [5.74, 6) is 1.30. The van der Waals surface area contributed by atoms with E-state index in [1.165, 1.54) is 44.9 Å². The molecule has 0 unspecified atom stereocenters. The normalized spacial score (nSPS) is 17.1. The Bertz CT molecular complexity index is 623. The fourth-order valence-corrected chi connectivity index (χ4v) is 3.26. The van der Waals surface area contributed by atoms with Gasteiger partial charge in [-0.05, 0) is 24.6 Å². The van der Waals surface area contributed by atoms with Gasteiger partial charge in [0.1, 0.15) is 11.8 Å². The Hall–Kier alpha value is -1.43. The van der Waals surface area contributed by atoms with E-state index in [-0.39, 0.29) is 0 Å². The lowest BCUT2D eigenvalue weighted by atomic mass is 9.87. The number of aryl methyl sites for hydroxylation is 1. The Morgan fingerprint density at radius 2 is 2.11 bits per heavy atom. The van der Waals surface area contributed by atoms with Crippen LogP contribution in [0.15, 0.2) is 6.33 Å². The highest BCUT2D eigenvalue weighted by atomic mass is 32.1. The summed E-state index contributed by atoms with van der Waals surface area (Å²) in [7, 11) is 0. The maximum Gasteiger partial charge on any atom is 0.179 e. The highest BCUT2D eigenvalue weighted by Crippen LogP contribution is 2.27. The molecular weight excluding hydrogens is 258 g/mol. The van der Waals surface area contributed by atoms with Crippen molar-refractivity contribution in [1.82, 2.24) is 19.5 Å². The van der Waals surface area contributed by atoms with E-state index in [4.69, 9.17) is 18.0 Å². The van der Waals surface area contributed by atoms with E-state index in [9.17, 15) is 0 Å². The second-order valence-electron chi connectivity index (χ2n) is 5.33. The van der Waals surface area contributed by atoms with Gasteiger partial charge < -0.3 is 15.3 Å². The number of nitrogens with one attached hydrogen (secondary N) is 1. The molecule has 0 aliphatic heterocycles. The first-order valence-electron chi connectivity index (χ1n) is 6.94. The molecule has 2 aromatic rings. The lowest BCUT2D eigenvalue weighted by Gasteiger charge is -2.21. The molecule has 0 amide bonds. The Morgan fingerprint density at radius 1 is 1.32 bits per heavy atom. The van der Waals surface area contributed by atoms with E-state index in [0.717, 1.165) is 23.6 Å². The predicted molar refractivity (Wildman–Crippen MR) is 78.3 cm³/mol. The fourth-order valence-electron chi connectivity index (χ4n) is 2.98. The van der Waals surface area contributed by atoms with E-state index in [2.05, 4.69) is 19.5 Å². The molecule has 0 spiro atoms. The summed E-state index contributed by atoms with van der Waals surface area (Å²) in [6.07, 6.45) is 9.52. The summed E-state index contributed by atoms with van der Waals surface area (Å²) >= 11 is 5.36. The summed E-state index contributed by atoms with van der Waals surface area (Å²) in [6.45, 7) is 0.917. The Labute approximate surface area is 117 Å². The summed E-state index contributed by atoms with van der Waals surface area (Å²) in [6, 6.07) is 0. The van der Waals surface area contributed by atoms with Crippen LogP contribution in [0.1, 0.15) is 38.5 Å². The molecule has 5 nitrogen and oxygen atoms in total. The number of fused-ring (bicyclic) bond motifs is 1. The number of H-pyrrole nitrogens is 1. The van der Waals surface area contributed by atoms with Gasteiger partial charge in [-0.15, -0.1) is 0 Å². The summed E-state index contributed by atoms with van der Waals surface area (Å²) in [5, 5.41) is 0. The Balaban J connectivity index is 1.82. The molecule has 0 radical (unpaired) electrons. The topological polar surface area (TPSA) is 72.5 Å². The van der Waals surface area contributed by atoms with Gasteiger partial charge in [-0.1, -0.05) is 32.1 Å². The number of hydrogen-bond acceptors (Lipinski definition) is 4. The number of aromatic amines is 1. The quantitative estimate of drug-likeness (QED) is 0.846. The first-order valence-corrected chi connectivity index (χ1v) is 7.35. The number of nitrogens with zero attached hydrogens (tertiary/aromatic N) is 3. The van der Waals surface area contributed by atoms with Crippen molar-refractivity contribution in [1.29, 1.82) is 0 Å². The van der Waals surface area contributed by atoms with Gasteiger partial charge in [0.15, 0.2) is 16.2 Å². The minimum absolute atomic E-state index is 0.465. The lowest BCUT2D eigenvalue weighted by Crippen LogP contribution is -2.10. The molecule has 1 saturated carbocycles. The van der Waals surface area contributed by atoms with Crippen molar-refractivity contribution in [2.24, 2.45) is 5.92 Å². The number of hydrogen-bond donors (Lipinski definition) is 2. The van der Waals surface area contributed by atoms with E-state index in [0.29, 0.717) is 10.6 Å². The first kappa shape index (κ1) is 12.6. The summed E-state index contributed by atoms with van der Waals surface area (Å²) < 4.78 is 2.75. The van der Waals surface area contributed by atoms with Crippen LogP contribution in [-0.4, -0.2) is 19.5 Å². The molecule has 3 rings (SSSR count). The van der Waals surface area contributed by atoms with Crippen LogP contribution in [0.25, 0.3) is 11.2 Å². The molecule has 0 atom stereocenters. The third kappa shape index (κ3) is 2.49. The van der Waals surface area contributed by atoms with Crippen LogP contribution in [0.3, 0.4) is 0 Å². The summed E-state index contributed by atoms with van der Waals surface area (Å²) in [4.78, 5) is 11.4. The van der Waals surface area contributed by atoms with Crippen molar-refractivity contribution in [3.05, 3.63) is 11.1 Å². The van der Waals surface area contributed by atoms with Crippen molar-refractivity contribution in [2.75, 3.05) is 5.73 Å². The van der Waals surface area contributed by atoms with Crippen molar-refractivity contribution in [3.8, 4) is 0 Å². The molecular formula is C13H19N5S.